The minimum absolute atomic E-state index is 0.343. The second-order valence-electron chi connectivity index (χ2n) is 4.85. The van der Waals surface area contributed by atoms with Crippen molar-refractivity contribution >= 4 is 5.78 Å². The van der Waals surface area contributed by atoms with E-state index < -0.39 is 0 Å². The molecule has 0 saturated carbocycles. The molecule has 5 nitrogen and oxygen atoms in total. The van der Waals surface area contributed by atoms with E-state index in [0.717, 1.165) is 17.8 Å². The van der Waals surface area contributed by atoms with Crippen molar-refractivity contribution in [3.8, 4) is 0 Å². The van der Waals surface area contributed by atoms with Crippen molar-refractivity contribution in [1.29, 1.82) is 0 Å². The number of aliphatic hydroxyl groups is 1. The van der Waals surface area contributed by atoms with E-state index in [1.165, 1.54) is 6.33 Å². The number of aromatic nitrogens is 4. The fourth-order valence-corrected chi connectivity index (χ4v) is 2.02. The van der Waals surface area contributed by atoms with E-state index in [0.29, 0.717) is 18.1 Å². The Balaban J connectivity index is 2.25. The van der Waals surface area contributed by atoms with Gasteiger partial charge in [0.2, 0.25) is 0 Å². The molecule has 0 radical (unpaired) electrons. The van der Waals surface area contributed by atoms with Gasteiger partial charge in [-0.25, -0.2) is 9.50 Å². The third kappa shape index (κ3) is 2.79. The molecule has 1 N–H and O–H groups in total. The molecule has 0 aliphatic carbocycles. The van der Waals surface area contributed by atoms with Crippen molar-refractivity contribution in [2.45, 2.75) is 39.7 Å². The van der Waals surface area contributed by atoms with E-state index >= 15 is 0 Å². The zero-order valence-electron chi connectivity index (χ0n) is 10.5. The average molecular weight is 234 g/mol. The van der Waals surface area contributed by atoms with Crippen LogP contribution in [0.2, 0.25) is 0 Å². The monoisotopic (exact) mass is 234 g/mol. The second-order valence-corrected chi connectivity index (χ2v) is 4.85. The van der Waals surface area contributed by atoms with Gasteiger partial charge in [0, 0.05) is 12.1 Å². The lowest BCUT2D eigenvalue weighted by atomic mass is 10.0. The van der Waals surface area contributed by atoms with Crippen molar-refractivity contribution in [1.82, 2.24) is 19.6 Å². The summed E-state index contributed by atoms with van der Waals surface area (Å²) in [6.07, 6.45) is 2.52. The van der Waals surface area contributed by atoms with Crippen LogP contribution in [0.25, 0.3) is 5.78 Å². The molecule has 2 rings (SSSR count). The van der Waals surface area contributed by atoms with Gasteiger partial charge in [0.25, 0.3) is 5.78 Å². The normalized spacial score (nSPS) is 13.5. The first-order valence-corrected chi connectivity index (χ1v) is 5.90. The summed E-state index contributed by atoms with van der Waals surface area (Å²) in [6, 6.07) is 1.95. The highest BCUT2D eigenvalue weighted by Crippen LogP contribution is 2.12. The van der Waals surface area contributed by atoms with Gasteiger partial charge in [-0.1, -0.05) is 13.8 Å². The van der Waals surface area contributed by atoms with Gasteiger partial charge in [-0.3, -0.25) is 0 Å². The Labute approximate surface area is 101 Å². The summed E-state index contributed by atoms with van der Waals surface area (Å²) in [5.41, 5.74) is 1.86. The molecular formula is C12H18N4O. The third-order valence-corrected chi connectivity index (χ3v) is 2.64. The van der Waals surface area contributed by atoms with E-state index in [9.17, 15) is 5.11 Å². The van der Waals surface area contributed by atoms with Gasteiger partial charge in [0.15, 0.2) is 0 Å². The Hall–Kier alpha value is -1.49. The Kier molecular flexibility index (Phi) is 3.38. The van der Waals surface area contributed by atoms with Crippen LogP contribution in [0.5, 0.6) is 0 Å². The van der Waals surface area contributed by atoms with Crippen LogP contribution in [0.3, 0.4) is 0 Å². The van der Waals surface area contributed by atoms with Gasteiger partial charge >= 0.3 is 0 Å². The summed E-state index contributed by atoms with van der Waals surface area (Å²) in [5, 5.41) is 14.1. The molecule has 2 aromatic rings. The molecule has 2 aromatic heterocycles. The van der Waals surface area contributed by atoms with Gasteiger partial charge in [-0.2, -0.15) is 10.1 Å². The topological polar surface area (TPSA) is 63.3 Å². The first-order chi connectivity index (χ1) is 8.06. The highest BCUT2D eigenvalue weighted by atomic mass is 16.3. The fraction of sp³-hybridized carbons (Fsp3) is 0.583. The zero-order valence-corrected chi connectivity index (χ0v) is 10.5. The molecule has 0 aliphatic rings. The number of hydrogen-bond acceptors (Lipinski definition) is 4. The van der Waals surface area contributed by atoms with Crippen LogP contribution in [-0.4, -0.2) is 30.8 Å². The minimum Gasteiger partial charge on any atom is -0.393 e. The number of aryl methyl sites for hydroxylation is 1. The van der Waals surface area contributed by atoms with Crippen LogP contribution in [-0.2, 0) is 6.42 Å². The van der Waals surface area contributed by atoms with Gasteiger partial charge in [-0.15, -0.1) is 0 Å². The van der Waals surface area contributed by atoms with Crippen molar-refractivity contribution < 1.29 is 5.11 Å². The van der Waals surface area contributed by atoms with Gasteiger partial charge < -0.3 is 5.11 Å². The highest BCUT2D eigenvalue weighted by Gasteiger charge is 2.12. The lowest BCUT2D eigenvalue weighted by molar-refractivity contribution is 0.147. The molecule has 0 bridgehead atoms. The number of nitrogens with zero attached hydrogens (tertiary/aromatic N) is 4. The van der Waals surface area contributed by atoms with Crippen molar-refractivity contribution in [2.75, 3.05) is 0 Å². The van der Waals surface area contributed by atoms with E-state index in [2.05, 4.69) is 28.9 Å². The van der Waals surface area contributed by atoms with E-state index in [1.807, 2.05) is 13.0 Å². The van der Waals surface area contributed by atoms with Crippen LogP contribution in [0, 0.1) is 12.8 Å². The molecule has 1 atom stereocenters. The maximum Gasteiger partial charge on any atom is 0.252 e. The first-order valence-electron chi connectivity index (χ1n) is 5.90. The van der Waals surface area contributed by atoms with Crippen LogP contribution in [0.4, 0.5) is 0 Å². The fourth-order valence-electron chi connectivity index (χ4n) is 2.02. The van der Waals surface area contributed by atoms with E-state index in [-0.39, 0.29) is 6.10 Å². The lowest BCUT2D eigenvalue weighted by Crippen LogP contribution is -2.16. The largest absolute Gasteiger partial charge is 0.393 e. The van der Waals surface area contributed by atoms with Crippen molar-refractivity contribution in [3.63, 3.8) is 0 Å². The molecule has 1 unspecified atom stereocenters. The molecule has 0 aliphatic heterocycles. The van der Waals surface area contributed by atoms with E-state index in [1.54, 1.807) is 4.52 Å². The minimum atomic E-state index is -0.343. The number of hydrogen-bond donors (Lipinski definition) is 1. The number of aliphatic hydroxyl groups excluding tert-OH is 1. The predicted octanol–water partition coefficient (Wildman–Crippen LogP) is 1.38. The van der Waals surface area contributed by atoms with E-state index in [4.69, 9.17) is 0 Å². The Morgan fingerprint density at radius 1 is 1.41 bits per heavy atom. The summed E-state index contributed by atoms with van der Waals surface area (Å²) in [4.78, 5) is 8.34. The molecule has 0 amide bonds. The lowest BCUT2D eigenvalue weighted by Gasteiger charge is -2.13. The molecule has 2 heterocycles. The van der Waals surface area contributed by atoms with Crippen molar-refractivity contribution in [2.24, 2.45) is 5.92 Å². The smallest absolute Gasteiger partial charge is 0.252 e. The van der Waals surface area contributed by atoms with Crippen LogP contribution in [0.15, 0.2) is 12.4 Å². The molecule has 0 spiro atoms. The summed E-state index contributed by atoms with van der Waals surface area (Å²) in [5.74, 6) is 1.08. The van der Waals surface area contributed by atoms with Crippen LogP contribution >= 0.6 is 0 Å². The zero-order chi connectivity index (χ0) is 12.4. The van der Waals surface area contributed by atoms with Crippen molar-refractivity contribution in [3.05, 3.63) is 23.8 Å². The summed E-state index contributed by atoms with van der Waals surface area (Å²) in [6.45, 7) is 6.13. The number of rotatable bonds is 4. The first kappa shape index (κ1) is 12.0. The summed E-state index contributed by atoms with van der Waals surface area (Å²) < 4.78 is 1.69. The summed E-state index contributed by atoms with van der Waals surface area (Å²) >= 11 is 0. The molecule has 0 saturated heterocycles. The van der Waals surface area contributed by atoms with Crippen LogP contribution in [0.1, 0.15) is 31.7 Å². The standard InChI is InChI=1S/C12H18N4O/c1-8(2)4-11(17)6-10-5-9(3)15-12-13-7-14-16(10)12/h5,7-8,11,17H,4,6H2,1-3H3. The Morgan fingerprint density at radius 3 is 2.88 bits per heavy atom. The molecular weight excluding hydrogens is 216 g/mol. The van der Waals surface area contributed by atoms with Gasteiger partial charge in [0.05, 0.1) is 11.8 Å². The molecule has 5 heteroatoms. The Morgan fingerprint density at radius 2 is 2.18 bits per heavy atom. The molecule has 0 aromatic carbocycles. The highest BCUT2D eigenvalue weighted by molar-refractivity contribution is 5.30. The Bertz CT molecular complexity index is 506. The number of fused-ring (bicyclic) bond motifs is 1. The maximum absolute atomic E-state index is 9.98. The van der Waals surface area contributed by atoms with Gasteiger partial charge in [-0.05, 0) is 25.3 Å². The maximum atomic E-state index is 9.98. The van der Waals surface area contributed by atoms with Gasteiger partial charge in [0.1, 0.15) is 6.33 Å². The summed E-state index contributed by atoms with van der Waals surface area (Å²) in [7, 11) is 0. The molecule has 92 valence electrons. The molecule has 0 fully saturated rings. The third-order valence-electron chi connectivity index (χ3n) is 2.64. The van der Waals surface area contributed by atoms with Crippen LogP contribution < -0.4 is 0 Å². The average Bonchev–Trinajstić information content (AvgIpc) is 2.63. The quantitative estimate of drug-likeness (QED) is 0.868. The molecule has 17 heavy (non-hydrogen) atoms. The second kappa shape index (κ2) is 4.79. The predicted molar refractivity (Wildman–Crippen MR) is 64.7 cm³/mol. The SMILES string of the molecule is Cc1cc(CC(O)CC(C)C)n2ncnc2n1.